The van der Waals surface area contributed by atoms with Crippen LogP contribution in [0.3, 0.4) is 0 Å². The molecular weight excluding hydrogens is 857 g/mol. The van der Waals surface area contributed by atoms with E-state index in [0.717, 1.165) is 79.5 Å². The Labute approximate surface area is 419 Å². The highest BCUT2D eigenvalue weighted by molar-refractivity contribution is 6.20. The van der Waals surface area contributed by atoms with Crippen LogP contribution in [0.25, 0.3) is 5.57 Å². The van der Waals surface area contributed by atoms with Gasteiger partial charge in [0.05, 0.1) is 51.2 Å². The van der Waals surface area contributed by atoms with Crippen molar-refractivity contribution in [2.45, 2.75) is 0 Å². The van der Waals surface area contributed by atoms with Gasteiger partial charge in [0.25, 0.3) is 11.4 Å². The highest BCUT2D eigenvalue weighted by Crippen LogP contribution is 2.58. The Morgan fingerprint density at radius 1 is 0.314 bits per heavy atom. The standard InChI is InChI=1S/C62H72N8/c1-13-31-67(32-14-2,33-15-3)59-48-57(56-46-55-45-53-28-27-51(64-53)43-49-25-26-50(63-49)44-52-29-30-54(65-52)47-58(56)66-55)60(68(34-16-4,35-17-5)36-18-6)62(70(40-22-10,41-23-11)42-24-12)61(59)69(37-19-7,38-20-8)39-21-9/h13-30,43-48H,1-12,31-42H2/q+4. The molecule has 1 aromatic carbocycles. The van der Waals surface area contributed by atoms with Crippen molar-refractivity contribution in [3.05, 3.63) is 253 Å². The number of hydrogen-bond acceptors (Lipinski definition) is 4. The van der Waals surface area contributed by atoms with Crippen LogP contribution in [0.2, 0.25) is 0 Å². The zero-order valence-electron chi connectivity index (χ0n) is 41.4. The maximum Gasteiger partial charge on any atom is 0.263 e. The average Bonchev–Trinajstić information content (AvgIpc) is 4.16. The Bertz CT molecular complexity index is 2680. The topological polar surface area (TPSA) is 49.4 Å². The maximum absolute atomic E-state index is 5.47. The summed E-state index contributed by atoms with van der Waals surface area (Å²) in [4.78, 5) is 20.4. The molecular formula is C62H72N8+4. The molecule has 8 heteroatoms. The minimum atomic E-state index is 0.399. The summed E-state index contributed by atoms with van der Waals surface area (Å²) in [5.74, 6) is 0. The lowest BCUT2D eigenvalue weighted by atomic mass is 9.90. The van der Waals surface area contributed by atoms with Crippen LogP contribution in [0.5, 0.6) is 0 Å². The molecule has 0 amide bonds. The molecule has 0 aliphatic carbocycles. The quantitative estimate of drug-likeness (QED) is 0.0568. The van der Waals surface area contributed by atoms with Crippen molar-refractivity contribution in [1.82, 2.24) is 17.9 Å². The van der Waals surface area contributed by atoms with Crippen molar-refractivity contribution in [2.75, 3.05) is 78.5 Å². The third-order valence-electron chi connectivity index (χ3n) is 13.2. The minimum absolute atomic E-state index is 0.399. The number of hydrogen-bond donors (Lipinski definition) is 0. The van der Waals surface area contributed by atoms with Crippen molar-refractivity contribution < 1.29 is 0 Å². The van der Waals surface area contributed by atoms with Gasteiger partial charge in [-0.15, -0.1) is 0 Å². The number of quaternary nitrogens is 4. The van der Waals surface area contributed by atoms with Gasteiger partial charge in [-0.25, -0.2) is 20.0 Å². The Hall–Kier alpha value is -7.46. The van der Waals surface area contributed by atoms with Gasteiger partial charge in [-0.1, -0.05) is 78.9 Å². The van der Waals surface area contributed by atoms with Gasteiger partial charge in [-0.3, -0.25) is 17.9 Å². The molecule has 0 N–H and O–H groups in total. The first-order valence-electron chi connectivity index (χ1n) is 24.0. The number of fused-ring (bicyclic) bond motifs is 4. The number of allylic oxidation sites excluding steroid dienone is 12. The lowest BCUT2D eigenvalue weighted by molar-refractivity contribution is 0.300. The normalized spacial score (nSPS) is 16.0. The van der Waals surface area contributed by atoms with Crippen molar-refractivity contribution >= 4 is 51.2 Å². The van der Waals surface area contributed by atoms with Gasteiger partial charge < -0.3 is 0 Å². The largest absolute Gasteiger partial charge is 0.276 e. The first-order valence-corrected chi connectivity index (χ1v) is 24.0. The molecule has 0 saturated heterocycles. The molecule has 0 atom stereocenters. The average molecular weight is 929 g/mol. The van der Waals surface area contributed by atoms with Gasteiger partial charge in [-0.2, -0.15) is 0 Å². The highest BCUT2D eigenvalue weighted by atomic mass is 15.5. The molecule has 8 bridgehead atoms. The summed E-state index contributed by atoms with van der Waals surface area (Å²) in [5, 5.41) is 0. The summed E-state index contributed by atoms with van der Waals surface area (Å²) in [6.45, 7) is 59.7. The predicted molar refractivity (Wildman–Crippen MR) is 312 cm³/mol. The first kappa shape index (κ1) is 51.9. The van der Waals surface area contributed by atoms with Crippen molar-refractivity contribution in [1.29, 1.82) is 0 Å². The van der Waals surface area contributed by atoms with Crippen LogP contribution in [0.15, 0.2) is 268 Å². The lowest BCUT2D eigenvalue weighted by Crippen LogP contribution is -2.60. The molecule has 0 radical (unpaired) electrons. The number of aliphatic imine (C=N–C) groups is 4. The van der Waals surface area contributed by atoms with E-state index in [2.05, 4.69) is 97.2 Å². The van der Waals surface area contributed by atoms with Crippen molar-refractivity contribution in [2.24, 2.45) is 20.0 Å². The fraction of sp³-hybridized carbons (Fsp3) is 0.194. The highest BCUT2D eigenvalue weighted by Gasteiger charge is 2.54. The molecule has 1 aromatic rings. The third kappa shape index (κ3) is 10.4. The van der Waals surface area contributed by atoms with Crippen molar-refractivity contribution in [3.8, 4) is 0 Å². The van der Waals surface area contributed by atoms with E-state index in [1.165, 1.54) is 0 Å². The van der Waals surface area contributed by atoms with E-state index in [4.69, 9.17) is 20.0 Å². The second kappa shape index (κ2) is 23.2. The molecule has 5 aliphatic heterocycles. The molecule has 0 spiro atoms. The smallest absolute Gasteiger partial charge is 0.263 e. The molecule has 70 heavy (non-hydrogen) atoms. The Morgan fingerprint density at radius 3 is 1.00 bits per heavy atom. The fourth-order valence-electron chi connectivity index (χ4n) is 10.7. The van der Waals surface area contributed by atoms with Crippen LogP contribution < -0.4 is 17.9 Å². The lowest BCUT2D eigenvalue weighted by Gasteiger charge is -2.48. The van der Waals surface area contributed by atoms with Crippen LogP contribution in [0.4, 0.5) is 22.7 Å². The second-order valence-electron chi connectivity index (χ2n) is 18.2. The Morgan fingerprint density at radius 2 is 0.629 bits per heavy atom. The van der Waals surface area contributed by atoms with E-state index in [-0.39, 0.29) is 0 Å². The van der Waals surface area contributed by atoms with Gasteiger partial charge >= 0.3 is 0 Å². The van der Waals surface area contributed by atoms with Gasteiger partial charge in [0.15, 0.2) is 0 Å². The summed E-state index contributed by atoms with van der Waals surface area (Å²) in [6.07, 6.45) is 46.6. The summed E-state index contributed by atoms with van der Waals surface area (Å²) < 4.78 is 1.66. The number of rotatable bonds is 29. The molecule has 0 saturated carbocycles. The monoisotopic (exact) mass is 929 g/mol. The van der Waals surface area contributed by atoms with E-state index in [0.29, 0.717) is 96.5 Å². The molecule has 0 unspecified atom stereocenters. The number of benzene rings is 1. The van der Waals surface area contributed by atoms with Crippen LogP contribution >= 0.6 is 0 Å². The molecule has 0 aromatic heterocycles. The zero-order valence-corrected chi connectivity index (χ0v) is 41.4. The van der Waals surface area contributed by atoms with E-state index >= 15 is 0 Å². The SMILES string of the molecule is C=CC[N+](CC=C)(CC=C)c1cc(C2=CC3=NC2=CC2=NC(=CC4=NC(=CC5=NC(=C3)C=C5)C=C4)C=C2)c([N+](CC=C)(CC=C)CC=C)c([N+](CC=C)(CC=C)CC=C)c1[N+](CC=C)(CC=C)CC=C. The summed E-state index contributed by atoms with van der Waals surface area (Å²) in [6, 6.07) is 2.42. The first-order chi connectivity index (χ1) is 34.0. The van der Waals surface area contributed by atoms with Crippen LogP contribution in [-0.2, 0) is 0 Å². The van der Waals surface area contributed by atoms with Crippen LogP contribution in [0.1, 0.15) is 5.56 Å². The summed E-state index contributed by atoms with van der Waals surface area (Å²) >= 11 is 0. The summed E-state index contributed by atoms with van der Waals surface area (Å²) in [5.41, 5.74) is 12.6. The second-order valence-corrected chi connectivity index (χ2v) is 18.2. The molecule has 8 nitrogen and oxygen atoms in total. The van der Waals surface area contributed by atoms with E-state index in [1.54, 1.807) is 0 Å². The summed E-state index contributed by atoms with van der Waals surface area (Å²) in [7, 11) is 0. The van der Waals surface area contributed by atoms with Crippen LogP contribution in [-0.4, -0.2) is 101 Å². The van der Waals surface area contributed by atoms with E-state index in [1.807, 2.05) is 128 Å². The molecule has 356 valence electrons. The van der Waals surface area contributed by atoms with Crippen LogP contribution in [0, 0.1) is 0 Å². The Balaban J connectivity index is 1.99. The maximum atomic E-state index is 5.47. The van der Waals surface area contributed by atoms with Gasteiger partial charge in [0.2, 0.25) is 11.4 Å². The molecule has 6 rings (SSSR count). The van der Waals surface area contributed by atoms with Gasteiger partial charge in [0, 0.05) is 11.6 Å². The Kier molecular flexibility index (Phi) is 17.2. The van der Waals surface area contributed by atoms with Gasteiger partial charge in [-0.05, 0) is 140 Å². The molecule has 5 aliphatic rings. The third-order valence-corrected chi connectivity index (χ3v) is 13.2. The van der Waals surface area contributed by atoms with E-state index < -0.39 is 0 Å². The predicted octanol–water partition coefficient (Wildman–Crippen LogP) is 12.6. The molecule has 0 fully saturated rings. The number of nitrogens with zero attached hydrogens (tertiary/aromatic N) is 8. The van der Waals surface area contributed by atoms with Gasteiger partial charge in [0.1, 0.15) is 78.5 Å². The molecule has 5 heterocycles. The minimum Gasteiger partial charge on any atom is -0.276 e. The van der Waals surface area contributed by atoms with Crippen molar-refractivity contribution in [3.63, 3.8) is 0 Å². The zero-order chi connectivity index (χ0) is 50.4. The fourth-order valence-corrected chi connectivity index (χ4v) is 10.7. The van der Waals surface area contributed by atoms with E-state index in [9.17, 15) is 0 Å².